The number of sulfonamides is 1. The Morgan fingerprint density at radius 3 is 2.65 bits per heavy atom. The van der Waals surface area contributed by atoms with Crippen molar-refractivity contribution in [3.8, 4) is 11.3 Å². The van der Waals surface area contributed by atoms with E-state index in [0.29, 0.717) is 0 Å². The highest BCUT2D eigenvalue weighted by molar-refractivity contribution is 7.89. The summed E-state index contributed by atoms with van der Waals surface area (Å²) in [5, 5.41) is 7.99. The van der Waals surface area contributed by atoms with Crippen molar-refractivity contribution < 1.29 is 8.42 Å². The summed E-state index contributed by atoms with van der Waals surface area (Å²) in [7, 11) is -0.0838. The molecular formula is C14H16N6O2S. The molecule has 0 radical (unpaired) electrons. The average Bonchev–Trinajstić information content (AvgIpc) is 3.14. The highest BCUT2D eigenvalue weighted by atomic mass is 32.2. The number of rotatable bonds is 5. The second kappa shape index (κ2) is 5.94. The predicted molar refractivity (Wildman–Crippen MR) is 83.7 cm³/mol. The Kier molecular flexibility index (Phi) is 3.97. The van der Waals surface area contributed by atoms with Gasteiger partial charge in [-0.15, -0.1) is 0 Å². The molecule has 0 bridgehead atoms. The van der Waals surface area contributed by atoms with Gasteiger partial charge >= 0.3 is 0 Å². The van der Waals surface area contributed by atoms with E-state index in [1.165, 1.54) is 17.1 Å². The summed E-state index contributed by atoms with van der Waals surface area (Å²) < 4.78 is 30.1. The van der Waals surface area contributed by atoms with Crippen molar-refractivity contribution in [2.75, 3.05) is 0 Å². The highest BCUT2D eigenvalue weighted by Crippen LogP contribution is 2.18. The fourth-order valence-electron chi connectivity index (χ4n) is 2.18. The van der Waals surface area contributed by atoms with Crippen LogP contribution in [0.25, 0.3) is 11.3 Å². The second-order valence-corrected chi connectivity index (χ2v) is 6.86. The van der Waals surface area contributed by atoms with Gasteiger partial charge in [0, 0.05) is 51.0 Å². The van der Waals surface area contributed by atoms with Gasteiger partial charge in [-0.2, -0.15) is 10.2 Å². The van der Waals surface area contributed by atoms with E-state index in [4.69, 9.17) is 0 Å². The van der Waals surface area contributed by atoms with Crippen LogP contribution in [0.1, 0.15) is 5.56 Å². The number of hydrogen-bond donors (Lipinski definition) is 1. The SMILES string of the molecule is Cn1cc(S(=O)(=O)NCc2cncc(-c3ccnn3C)c2)cn1. The van der Waals surface area contributed by atoms with Gasteiger partial charge in [0.15, 0.2) is 0 Å². The van der Waals surface area contributed by atoms with Crippen LogP contribution in [0.2, 0.25) is 0 Å². The van der Waals surface area contributed by atoms with Crippen molar-refractivity contribution in [2.45, 2.75) is 11.4 Å². The normalized spacial score (nSPS) is 11.7. The maximum Gasteiger partial charge on any atom is 0.243 e. The van der Waals surface area contributed by atoms with Crippen molar-refractivity contribution in [1.29, 1.82) is 0 Å². The minimum Gasteiger partial charge on any atom is -0.274 e. The van der Waals surface area contributed by atoms with Crippen molar-refractivity contribution >= 4 is 10.0 Å². The zero-order chi connectivity index (χ0) is 16.4. The lowest BCUT2D eigenvalue weighted by Gasteiger charge is -2.07. The van der Waals surface area contributed by atoms with Gasteiger partial charge < -0.3 is 0 Å². The van der Waals surface area contributed by atoms with E-state index in [0.717, 1.165) is 16.8 Å². The van der Waals surface area contributed by atoms with E-state index in [-0.39, 0.29) is 11.4 Å². The number of nitrogens with one attached hydrogen (secondary N) is 1. The van der Waals surface area contributed by atoms with Crippen molar-refractivity contribution in [3.63, 3.8) is 0 Å². The Morgan fingerprint density at radius 1 is 1.17 bits per heavy atom. The van der Waals surface area contributed by atoms with E-state index in [2.05, 4.69) is 19.9 Å². The number of hydrogen-bond acceptors (Lipinski definition) is 5. The third-order valence-electron chi connectivity index (χ3n) is 3.37. The van der Waals surface area contributed by atoms with Crippen LogP contribution in [0.3, 0.4) is 0 Å². The Morgan fingerprint density at radius 2 is 2.00 bits per heavy atom. The first-order valence-electron chi connectivity index (χ1n) is 6.86. The van der Waals surface area contributed by atoms with E-state index < -0.39 is 10.0 Å². The molecule has 3 aromatic heterocycles. The molecule has 9 heteroatoms. The molecule has 0 aliphatic heterocycles. The van der Waals surface area contributed by atoms with Gasteiger partial charge in [0.05, 0.1) is 11.9 Å². The lowest BCUT2D eigenvalue weighted by molar-refractivity contribution is 0.581. The Labute approximate surface area is 133 Å². The molecule has 0 aliphatic rings. The zero-order valence-electron chi connectivity index (χ0n) is 12.7. The molecule has 8 nitrogen and oxygen atoms in total. The summed E-state index contributed by atoms with van der Waals surface area (Å²) >= 11 is 0. The van der Waals surface area contributed by atoms with E-state index in [1.807, 2.05) is 19.2 Å². The Balaban J connectivity index is 1.78. The number of pyridine rings is 1. The Bertz CT molecular complexity index is 928. The van der Waals surface area contributed by atoms with Gasteiger partial charge in [-0.25, -0.2) is 13.1 Å². The summed E-state index contributed by atoms with van der Waals surface area (Å²) in [5.74, 6) is 0. The number of aryl methyl sites for hydroxylation is 2. The first kappa shape index (κ1) is 15.4. The van der Waals surface area contributed by atoms with Gasteiger partial charge in [-0.05, 0) is 17.7 Å². The van der Waals surface area contributed by atoms with Crippen LogP contribution in [0.4, 0.5) is 0 Å². The summed E-state index contributed by atoms with van der Waals surface area (Å²) in [4.78, 5) is 4.30. The first-order valence-corrected chi connectivity index (χ1v) is 8.34. The second-order valence-electron chi connectivity index (χ2n) is 5.10. The van der Waals surface area contributed by atoms with Crippen LogP contribution >= 0.6 is 0 Å². The van der Waals surface area contributed by atoms with E-state index in [1.54, 1.807) is 30.3 Å². The molecule has 0 amide bonds. The average molecular weight is 332 g/mol. The minimum atomic E-state index is -3.59. The lowest BCUT2D eigenvalue weighted by atomic mass is 10.1. The van der Waals surface area contributed by atoms with E-state index >= 15 is 0 Å². The monoisotopic (exact) mass is 332 g/mol. The van der Waals surface area contributed by atoms with Gasteiger partial charge in [-0.3, -0.25) is 14.3 Å². The molecule has 0 aromatic carbocycles. The van der Waals surface area contributed by atoms with Crippen LogP contribution < -0.4 is 4.72 Å². The van der Waals surface area contributed by atoms with E-state index in [9.17, 15) is 8.42 Å². The fourth-order valence-corrected chi connectivity index (χ4v) is 3.18. The van der Waals surface area contributed by atoms with Gasteiger partial charge in [-0.1, -0.05) is 0 Å². The zero-order valence-corrected chi connectivity index (χ0v) is 13.5. The molecule has 0 aliphatic carbocycles. The molecule has 0 saturated carbocycles. The molecule has 3 rings (SSSR count). The highest BCUT2D eigenvalue weighted by Gasteiger charge is 2.16. The van der Waals surface area contributed by atoms with Crippen LogP contribution in [-0.4, -0.2) is 33.0 Å². The molecule has 23 heavy (non-hydrogen) atoms. The maximum absolute atomic E-state index is 12.2. The molecule has 1 N–H and O–H groups in total. The molecule has 3 aromatic rings. The van der Waals surface area contributed by atoms with Crippen molar-refractivity contribution in [3.05, 3.63) is 48.7 Å². The molecule has 0 unspecified atom stereocenters. The molecule has 0 saturated heterocycles. The van der Waals surface area contributed by atoms with Crippen LogP contribution in [0, 0.1) is 0 Å². The molecular weight excluding hydrogens is 316 g/mol. The lowest BCUT2D eigenvalue weighted by Crippen LogP contribution is -2.23. The smallest absolute Gasteiger partial charge is 0.243 e. The molecule has 0 spiro atoms. The fraction of sp³-hybridized carbons (Fsp3) is 0.214. The molecule has 3 heterocycles. The largest absolute Gasteiger partial charge is 0.274 e. The quantitative estimate of drug-likeness (QED) is 0.742. The molecule has 120 valence electrons. The van der Waals surface area contributed by atoms with Gasteiger partial charge in [0.1, 0.15) is 4.90 Å². The first-order chi connectivity index (χ1) is 11.0. The predicted octanol–water partition coefficient (Wildman–Crippen LogP) is 0.694. The standard InChI is InChI=1S/C14H16N6O2S/c1-19-10-13(9-17-19)23(21,22)18-7-11-5-12(8-15-6-11)14-3-4-16-20(14)2/h3-6,8-10,18H,7H2,1-2H3. The van der Waals surface area contributed by atoms with Crippen LogP contribution in [0.5, 0.6) is 0 Å². The summed E-state index contributed by atoms with van der Waals surface area (Å²) in [6.07, 6.45) is 7.81. The van der Waals surface area contributed by atoms with Crippen molar-refractivity contribution in [1.82, 2.24) is 29.3 Å². The summed E-state index contributed by atoms with van der Waals surface area (Å²) in [5.41, 5.74) is 2.55. The van der Waals surface area contributed by atoms with Crippen LogP contribution in [0.15, 0.2) is 48.0 Å². The summed E-state index contributed by atoms with van der Waals surface area (Å²) in [6, 6.07) is 3.76. The molecule has 0 atom stereocenters. The van der Waals surface area contributed by atoms with Crippen LogP contribution in [-0.2, 0) is 30.7 Å². The maximum atomic E-state index is 12.2. The third-order valence-corrected chi connectivity index (χ3v) is 4.73. The van der Waals surface area contributed by atoms with Crippen molar-refractivity contribution in [2.24, 2.45) is 14.1 Å². The number of aromatic nitrogens is 5. The third kappa shape index (κ3) is 3.30. The molecule has 0 fully saturated rings. The minimum absolute atomic E-state index is 0.135. The Hall–Kier alpha value is -2.52. The van der Waals surface area contributed by atoms with Gasteiger partial charge in [0.2, 0.25) is 10.0 Å². The van der Waals surface area contributed by atoms with Gasteiger partial charge in [0.25, 0.3) is 0 Å². The summed E-state index contributed by atoms with van der Waals surface area (Å²) in [6.45, 7) is 0.149. The number of nitrogens with zero attached hydrogens (tertiary/aromatic N) is 5. The topological polar surface area (TPSA) is 94.7 Å².